The predicted octanol–water partition coefficient (Wildman–Crippen LogP) is 1.99. The van der Waals surface area contributed by atoms with Crippen LogP contribution < -0.4 is 5.43 Å². The second kappa shape index (κ2) is 4.59. The number of phenolic OH excluding ortho intramolecular Hbond substituents is 5. The maximum atomic E-state index is 12.1. The molecule has 0 amide bonds. The molecule has 0 radical (unpaired) electrons. The highest BCUT2D eigenvalue weighted by molar-refractivity contribution is 5.89. The first kappa shape index (κ1) is 13.6. The van der Waals surface area contributed by atoms with Crippen molar-refractivity contribution in [3.05, 3.63) is 40.6 Å². The Morgan fingerprint density at radius 3 is 2.09 bits per heavy atom. The largest absolute Gasteiger partial charge is 0.507 e. The first-order valence-electron chi connectivity index (χ1n) is 6.13. The highest BCUT2D eigenvalue weighted by atomic mass is 16.4. The Bertz CT molecular complexity index is 936. The van der Waals surface area contributed by atoms with Crippen molar-refractivity contribution in [2.24, 2.45) is 0 Å². The molecule has 1 aromatic heterocycles. The maximum Gasteiger partial charge on any atom is 0.201 e. The van der Waals surface area contributed by atoms with Crippen molar-refractivity contribution in [1.29, 1.82) is 0 Å². The number of fused-ring (bicyclic) bond motifs is 1. The minimum atomic E-state index is -0.835. The zero-order chi connectivity index (χ0) is 16.0. The van der Waals surface area contributed by atoms with E-state index in [1.54, 1.807) is 0 Å². The topological polar surface area (TPSA) is 131 Å². The van der Waals surface area contributed by atoms with Crippen molar-refractivity contribution in [1.82, 2.24) is 0 Å². The Labute approximate surface area is 122 Å². The fraction of sp³-hybridized carbons (Fsp3) is 0. The molecule has 0 fully saturated rings. The lowest BCUT2D eigenvalue weighted by molar-refractivity contribution is 0.370. The van der Waals surface area contributed by atoms with Crippen LogP contribution in [0.2, 0.25) is 0 Å². The molecule has 0 aliphatic rings. The summed E-state index contributed by atoms with van der Waals surface area (Å²) in [6, 6.07) is 5.90. The van der Waals surface area contributed by atoms with Crippen molar-refractivity contribution >= 4 is 11.0 Å². The number of aromatic hydroxyl groups is 5. The van der Waals surface area contributed by atoms with Gasteiger partial charge >= 0.3 is 0 Å². The number of hydrogen-bond acceptors (Lipinski definition) is 7. The third kappa shape index (κ3) is 1.87. The number of hydrogen-bond donors (Lipinski definition) is 5. The molecule has 7 nitrogen and oxygen atoms in total. The van der Waals surface area contributed by atoms with E-state index in [1.165, 1.54) is 18.2 Å². The maximum absolute atomic E-state index is 12.1. The minimum absolute atomic E-state index is 0.103. The molecule has 2 aromatic carbocycles. The first-order chi connectivity index (χ1) is 10.4. The molecule has 0 aliphatic heterocycles. The Kier molecular flexibility index (Phi) is 2.84. The molecule has 112 valence electrons. The van der Waals surface area contributed by atoms with E-state index in [1.807, 2.05) is 0 Å². The molecule has 0 spiro atoms. The van der Waals surface area contributed by atoms with Crippen LogP contribution in [-0.4, -0.2) is 25.5 Å². The zero-order valence-electron chi connectivity index (χ0n) is 10.9. The van der Waals surface area contributed by atoms with Crippen LogP contribution in [0.5, 0.6) is 28.7 Å². The van der Waals surface area contributed by atoms with E-state index in [0.29, 0.717) is 0 Å². The predicted molar refractivity (Wildman–Crippen MR) is 76.2 cm³/mol. The van der Waals surface area contributed by atoms with Crippen molar-refractivity contribution in [3.63, 3.8) is 0 Å². The Morgan fingerprint density at radius 2 is 1.45 bits per heavy atom. The summed E-state index contributed by atoms with van der Waals surface area (Å²) in [6.07, 6.45) is 0. The Morgan fingerprint density at radius 1 is 0.818 bits per heavy atom. The lowest BCUT2D eigenvalue weighted by atomic mass is 10.1. The van der Waals surface area contributed by atoms with Gasteiger partial charge in [0.25, 0.3) is 0 Å². The van der Waals surface area contributed by atoms with Gasteiger partial charge in [0, 0.05) is 12.1 Å². The van der Waals surface area contributed by atoms with Crippen molar-refractivity contribution < 1.29 is 29.9 Å². The van der Waals surface area contributed by atoms with Crippen LogP contribution in [0.25, 0.3) is 22.3 Å². The van der Waals surface area contributed by atoms with Crippen molar-refractivity contribution in [2.45, 2.75) is 0 Å². The normalized spacial score (nSPS) is 10.9. The molecule has 0 saturated heterocycles. The summed E-state index contributed by atoms with van der Waals surface area (Å²) in [5.41, 5.74) is -1.03. The van der Waals surface area contributed by atoms with E-state index < -0.39 is 22.7 Å². The van der Waals surface area contributed by atoms with E-state index in [4.69, 9.17) is 4.42 Å². The van der Waals surface area contributed by atoms with E-state index >= 15 is 0 Å². The van der Waals surface area contributed by atoms with Gasteiger partial charge in [0.2, 0.25) is 5.75 Å². The Balaban J connectivity index is 2.40. The van der Waals surface area contributed by atoms with Gasteiger partial charge in [0.15, 0.2) is 16.9 Å². The molecule has 22 heavy (non-hydrogen) atoms. The standard InChI is InChI=1S/C15H10O7/c16-6-2-1-3-7(17)12(6)10-4-8(18)13-11(22-10)5-9(19)14(20)15(13)21/h1-5,16-17,19-21H. The quantitative estimate of drug-likeness (QED) is 0.434. The lowest BCUT2D eigenvalue weighted by Gasteiger charge is -2.09. The average molecular weight is 302 g/mol. The van der Waals surface area contributed by atoms with Crippen molar-refractivity contribution in [3.8, 4) is 40.1 Å². The summed E-state index contributed by atoms with van der Waals surface area (Å²) in [6.45, 7) is 0. The molecular weight excluding hydrogens is 292 g/mol. The molecule has 0 aliphatic carbocycles. The summed E-state index contributed by atoms with van der Waals surface area (Å²) in [5.74, 6) is -3.09. The second-order valence-corrected chi connectivity index (χ2v) is 4.61. The molecule has 0 saturated carbocycles. The third-order valence-electron chi connectivity index (χ3n) is 3.21. The van der Waals surface area contributed by atoms with Gasteiger partial charge in [0.05, 0.1) is 0 Å². The second-order valence-electron chi connectivity index (χ2n) is 4.61. The number of phenols is 5. The first-order valence-corrected chi connectivity index (χ1v) is 6.13. The van der Waals surface area contributed by atoms with E-state index in [-0.39, 0.29) is 33.8 Å². The van der Waals surface area contributed by atoms with E-state index in [0.717, 1.165) is 12.1 Å². The number of benzene rings is 2. The summed E-state index contributed by atoms with van der Waals surface area (Å²) in [7, 11) is 0. The van der Waals surface area contributed by atoms with Crippen LogP contribution in [0, 0.1) is 0 Å². The van der Waals surface area contributed by atoms with Gasteiger partial charge in [-0.25, -0.2) is 0 Å². The van der Waals surface area contributed by atoms with Crippen LogP contribution >= 0.6 is 0 Å². The van der Waals surface area contributed by atoms with Gasteiger partial charge < -0.3 is 29.9 Å². The van der Waals surface area contributed by atoms with Crippen molar-refractivity contribution in [2.75, 3.05) is 0 Å². The van der Waals surface area contributed by atoms with Crippen LogP contribution in [0.15, 0.2) is 39.5 Å². The molecule has 0 bridgehead atoms. The summed E-state index contributed by atoms with van der Waals surface area (Å²) >= 11 is 0. The fourth-order valence-electron chi connectivity index (χ4n) is 2.18. The molecule has 0 atom stereocenters. The summed E-state index contributed by atoms with van der Waals surface area (Å²) < 4.78 is 5.36. The molecule has 0 unspecified atom stereocenters. The zero-order valence-corrected chi connectivity index (χ0v) is 10.9. The van der Waals surface area contributed by atoms with Gasteiger partial charge in [-0.05, 0) is 12.1 Å². The highest BCUT2D eigenvalue weighted by Gasteiger charge is 2.19. The SMILES string of the molecule is O=c1cc(-c2c(O)cccc2O)oc2cc(O)c(O)c(O)c12. The average Bonchev–Trinajstić information content (AvgIpc) is 2.44. The third-order valence-corrected chi connectivity index (χ3v) is 3.21. The Hall–Kier alpha value is -3.35. The van der Waals surface area contributed by atoms with Gasteiger partial charge in [0.1, 0.15) is 33.8 Å². The van der Waals surface area contributed by atoms with Gasteiger partial charge in [-0.15, -0.1) is 0 Å². The highest BCUT2D eigenvalue weighted by Crippen LogP contribution is 2.42. The van der Waals surface area contributed by atoms with Gasteiger partial charge in [-0.1, -0.05) is 6.07 Å². The van der Waals surface area contributed by atoms with Crippen LogP contribution in [-0.2, 0) is 0 Å². The fourth-order valence-corrected chi connectivity index (χ4v) is 2.18. The molecule has 3 aromatic rings. The summed E-state index contributed by atoms with van der Waals surface area (Å²) in [5, 5.41) is 47.9. The molecule has 7 heteroatoms. The monoisotopic (exact) mass is 302 g/mol. The van der Waals surface area contributed by atoms with Crippen LogP contribution in [0.3, 0.4) is 0 Å². The van der Waals surface area contributed by atoms with Gasteiger partial charge in [-0.2, -0.15) is 0 Å². The molecule has 1 heterocycles. The number of rotatable bonds is 1. The molecular formula is C15H10O7. The van der Waals surface area contributed by atoms with E-state index in [2.05, 4.69) is 0 Å². The van der Waals surface area contributed by atoms with Crippen LogP contribution in [0.1, 0.15) is 0 Å². The van der Waals surface area contributed by atoms with E-state index in [9.17, 15) is 30.3 Å². The minimum Gasteiger partial charge on any atom is -0.507 e. The summed E-state index contributed by atoms with van der Waals surface area (Å²) in [4.78, 5) is 12.1. The van der Waals surface area contributed by atoms with Gasteiger partial charge in [-0.3, -0.25) is 4.79 Å². The smallest absolute Gasteiger partial charge is 0.201 e. The molecule has 5 N–H and O–H groups in total. The molecule has 3 rings (SSSR count). The lowest BCUT2D eigenvalue weighted by Crippen LogP contribution is -2.01. The van der Waals surface area contributed by atoms with Crippen LogP contribution in [0.4, 0.5) is 0 Å².